The third kappa shape index (κ3) is 2.88. The maximum Gasteiger partial charge on any atom is 0.115 e. The van der Waals surface area contributed by atoms with Gasteiger partial charge in [-0.1, -0.05) is 36.8 Å². The maximum absolute atomic E-state index is 10.4. The molecule has 1 unspecified atom stereocenters. The topological polar surface area (TPSA) is 46.0 Å². The number of aliphatic hydroxyl groups is 1. The Kier molecular flexibility index (Phi) is 4.07. The smallest absolute Gasteiger partial charge is 0.115 e. The molecule has 3 nitrogen and oxygen atoms in total. The molecule has 0 radical (unpaired) electrons. The van der Waals surface area contributed by atoms with Crippen molar-refractivity contribution >= 4 is 0 Å². The largest absolute Gasteiger partial charge is 0.388 e. The lowest BCUT2D eigenvalue weighted by Crippen LogP contribution is -2.09. The zero-order valence-electron chi connectivity index (χ0n) is 11.6. The Morgan fingerprint density at radius 2 is 1.80 bits per heavy atom. The second kappa shape index (κ2) is 6.14. The van der Waals surface area contributed by atoms with Gasteiger partial charge in [0.15, 0.2) is 0 Å². The summed E-state index contributed by atoms with van der Waals surface area (Å²) in [5.74, 6) is 0. The van der Waals surface area contributed by atoms with E-state index in [1.54, 1.807) is 6.33 Å². The SMILES string of the molecule is OC(Cc1ncnc2c1CCCCC2)c1ccccc1. The van der Waals surface area contributed by atoms with Crippen molar-refractivity contribution in [3.8, 4) is 0 Å². The van der Waals surface area contributed by atoms with Gasteiger partial charge >= 0.3 is 0 Å². The van der Waals surface area contributed by atoms with Gasteiger partial charge in [-0.25, -0.2) is 9.97 Å². The van der Waals surface area contributed by atoms with Gasteiger partial charge in [-0.2, -0.15) is 0 Å². The summed E-state index contributed by atoms with van der Waals surface area (Å²) in [5, 5.41) is 10.4. The Bertz CT molecular complexity index is 568. The van der Waals surface area contributed by atoms with E-state index in [0.717, 1.165) is 24.1 Å². The van der Waals surface area contributed by atoms with Crippen LogP contribution in [0.4, 0.5) is 0 Å². The van der Waals surface area contributed by atoms with E-state index in [9.17, 15) is 5.11 Å². The summed E-state index contributed by atoms with van der Waals surface area (Å²) in [6.45, 7) is 0. The molecule has 1 aromatic carbocycles. The van der Waals surface area contributed by atoms with Gasteiger partial charge in [-0.05, 0) is 36.8 Å². The predicted molar refractivity (Wildman–Crippen MR) is 78.4 cm³/mol. The van der Waals surface area contributed by atoms with Crippen LogP contribution >= 0.6 is 0 Å². The van der Waals surface area contributed by atoms with Gasteiger partial charge in [0, 0.05) is 12.1 Å². The number of fused-ring (bicyclic) bond motifs is 1. The third-order valence-electron chi connectivity index (χ3n) is 4.04. The van der Waals surface area contributed by atoms with E-state index in [-0.39, 0.29) is 0 Å². The van der Waals surface area contributed by atoms with Gasteiger partial charge in [0.1, 0.15) is 6.33 Å². The normalized spacial score (nSPS) is 16.2. The first kappa shape index (κ1) is 13.3. The Balaban J connectivity index is 1.84. The monoisotopic (exact) mass is 268 g/mol. The van der Waals surface area contributed by atoms with Gasteiger partial charge in [-0.15, -0.1) is 0 Å². The molecule has 0 bridgehead atoms. The highest BCUT2D eigenvalue weighted by Crippen LogP contribution is 2.24. The summed E-state index contributed by atoms with van der Waals surface area (Å²) in [4.78, 5) is 8.86. The van der Waals surface area contributed by atoms with Gasteiger partial charge < -0.3 is 5.11 Å². The Morgan fingerprint density at radius 3 is 2.65 bits per heavy atom. The number of hydrogen-bond acceptors (Lipinski definition) is 3. The first-order valence-corrected chi connectivity index (χ1v) is 7.39. The molecule has 2 aromatic rings. The average Bonchev–Trinajstić information content (AvgIpc) is 2.74. The minimum absolute atomic E-state index is 0.488. The summed E-state index contributed by atoms with van der Waals surface area (Å²) in [7, 11) is 0. The summed E-state index contributed by atoms with van der Waals surface area (Å²) < 4.78 is 0. The molecule has 1 aromatic heterocycles. The van der Waals surface area contributed by atoms with Crippen LogP contribution in [0.3, 0.4) is 0 Å². The third-order valence-corrected chi connectivity index (χ3v) is 4.04. The minimum atomic E-state index is -0.488. The molecule has 1 aliphatic rings. The molecule has 20 heavy (non-hydrogen) atoms. The number of aliphatic hydroxyl groups excluding tert-OH is 1. The van der Waals surface area contributed by atoms with Crippen LogP contribution in [0.5, 0.6) is 0 Å². The standard InChI is InChI=1S/C17H20N2O/c20-17(13-7-3-1-4-8-13)11-16-14-9-5-2-6-10-15(14)18-12-19-16/h1,3-4,7-8,12,17,20H,2,5-6,9-11H2. The van der Waals surface area contributed by atoms with Crippen LogP contribution < -0.4 is 0 Å². The van der Waals surface area contributed by atoms with Crippen molar-refractivity contribution in [3.63, 3.8) is 0 Å². The molecule has 3 rings (SSSR count). The van der Waals surface area contributed by atoms with Gasteiger partial charge in [0.25, 0.3) is 0 Å². The number of hydrogen-bond donors (Lipinski definition) is 1. The van der Waals surface area contributed by atoms with Crippen LogP contribution in [0.25, 0.3) is 0 Å². The van der Waals surface area contributed by atoms with E-state index in [1.165, 1.54) is 30.5 Å². The fourth-order valence-electron chi connectivity index (χ4n) is 2.92. The molecule has 0 spiro atoms. The molecular formula is C17H20N2O. The number of aromatic nitrogens is 2. The van der Waals surface area contributed by atoms with E-state index < -0.39 is 6.10 Å². The Morgan fingerprint density at radius 1 is 1.00 bits per heavy atom. The van der Waals surface area contributed by atoms with E-state index >= 15 is 0 Å². The Labute approximate surface area is 119 Å². The molecule has 3 heteroatoms. The summed E-state index contributed by atoms with van der Waals surface area (Å²) >= 11 is 0. The summed E-state index contributed by atoms with van der Waals surface area (Å²) in [6.07, 6.45) is 7.51. The van der Waals surface area contributed by atoms with Gasteiger partial charge in [0.2, 0.25) is 0 Å². The van der Waals surface area contributed by atoms with Gasteiger partial charge in [0.05, 0.1) is 11.8 Å². The number of aryl methyl sites for hydroxylation is 1. The van der Waals surface area contributed by atoms with Crippen LogP contribution in [0, 0.1) is 0 Å². The quantitative estimate of drug-likeness (QED) is 0.870. The van der Waals surface area contributed by atoms with Crippen molar-refractivity contribution in [2.24, 2.45) is 0 Å². The lowest BCUT2D eigenvalue weighted by molar-refractivity contribution is 0.177. The molecule has 104 valence electrons. The fourth-order valence-corrected chi connectivity index (χ4v) is 2.92. The van der Waals surface area contributed by atoms with E-state index in [1.807, 2.05) is 30.3 Å². The van der Waals surface area contributed by atoms with Crippen LogP contribution in [-0.2, 0) is 19.3 Å². The van der Waals surface area contributed by atoms with Crippen molar-refractivity contribution in [2.45, 2.75) is 44.6 Å². The predicted octanol–water partition coefficient (Wildman–Crippen LogP) is 3.02. The first-order chi connectivity index (χ1) is 9.84. The molecule has 0 saturated heterocycles. The molecule has 0 saturated carbocycles. The molecule has 0 aliphatic heterocycles. The van der Waals surface area contributed by atoms with E-state index in [4.69, 9.17) is 0 Å². The number of benzene rings is 1. The molecule has 1 aliphatic carbocycles. The zero-order chi connectivity index (χ0) is 13.8. The first-order valence-electron chi connectivity index (χ1n) is 7.39. The van der Waals surface area contributed by atoms with Crippen LogP contribution in [0.15, 0.2) is 36.7 Å². The summed E-state index contributed by atoms with van der Waals surface area (Å²) in [6, 6.07) is 9.81. The lowest BCUT2D eigenvalue weighted by atomic mass is 9.99. The molecule has 0 fully saturated rings. The van der Waals surface area contributed by atoms with Crippen molar-refractivity contribution in [1.29, 1.82) is 0 Å². The van der Waals surface area contributed by atoms with Crippen LogP contribution in [-0.4, -0.2) is 15.1 Å². The molecule has 1 N–H and O–H groups in total. The second-order valence-electron chi connectivity index (χ2n) is 5.44. The van der Waals surface area contributed by atoms with Crippen LogP contribution in [0.2, 0.25) is 0 Å². The summed E-state index contributed by atoms with van der Waals surface area (Å²) in [5.41, 5.74) is 4.44. The average molecular weight is 268 g/mol. The fraction of sp³-hybridized carbons (Fsp3) is 0.412. The molecular weight excluding hydrogens is 248 g/mol. The maximum atomic E-state index is 10.4. The second-order valence-corrected chi connectivity index (χ2v) is 5.44. The van der Waals surface area contributed by atoms with Crippen molar-refractivity contribution in [1.82, 2.24) is 9.97 Å². The highest BCUT2D eigenvalue weighted by Gasteiger charge is 2.17. The highest BCUT2D eigenvalue weighted by atomic mass is 16.3. The lowest BCUT2D eigenvalue weighted by Gasteiger charge is -2.14. The van der Waals surface area contributed by atoms with Crippen LogP contribution in [0.1, 0.15) is 47.9 Å². The number of rotatable bonds is 3. The van der Waals surface area contributed by atoms with Crippen molar-refractivity contribution in [3.05, 3.63) is 59.2 Å². The molecule has 1 heterocycles. The van der Waals surface area contributed by atoms with Crippen molar-refractivity contribution < 1.29 is 5.11 Å². The van der Waals surface area contributed by atoms with E-state index in [2.05, 4.69) is 9.97 Å². The van der Waals surface area contributed by atoms with E-state index in [0.29, 0.717) is 6.42 Å². The van der Waals surface area contributed by atoms with Crippen molar-refractivity contribution in [2.75, 3.05) is 0 Å². The zero-order valence-corrected chi connectivity index (χ0v) is 11.6. The Hall–Kier alpha value is -1.74. The highest BCUT2D eigenvalue weighted by molar-refractivity contribution is 5.28. The molecule has 1 atom stereocenters. The number of nitrogens with zero attached hydrogens (tertiary/aromatic N) is 2. The van der Waals surface area contributed by atoms with Gasteiger partial charge in [-0.3, -0.25) is 0 Å². The minimum Gasteiger partial charge on any atom is -0.388 e. The molecule has 0 amide bonds.